The zero-order valence-electron chi connectivity index (χ0n) is 16.9. The normalized spacial score (nSPS) is 12.6. The van der Waals surface area contributed by atoms with Crippen LogP contribution in [0.5, 0.6) is 0 Å². The van der Waals surface area contributed by atoms with Crippen LogP contribution in [0.4, 0.5) is 24.7 Å². The average molecular weight is 415 g/mol. The molecular weight excluding hydrogens is 391 g/mol. The number of fused-ring (bicyclic) bond motifs is 1. The number of hydrogen-bond donors (Lipinski definition) is 2. The summed E-state index contributed by atoms with van der Waals surface area (Å²) in [7, 11) is 0. The largest absolute Gasteiger partial charge is 0.416 e. The number of pyridine rings is 1. The van der Waals surface area contributed by atoms with E-state index in [2.05, 4.69) is 29.5 Å². The molecule has 158 valence electrons. The molecule has 1 heterocycles. The van der Waals surface area contributed by atoms with Gasteiger partial charge in [0.25, 0.3) is 0 Å². The average Bonchev–Trinajstić information content (AvgIpc) is 2.72. The SMILES string of the molecule is CC[C@@H](C)Nc1ccc2cc(NC(=O)CCc3ccc(C(F)(F)F)cc3)ccc2n1. The smallest absolute Gasteiger partial charge is 0.368 e. The molecule has 7 heteroatoms. The van der Waals surface area contributed by atoms with Gasteiger partial charge in [0, 0.05) is 23.5 Å². The summed E-state index contributed by atoms with van der Waals surface area (Å²) < 4.78 is 37.8. The van der Waals surface area contributed by atoms with Crippen molar-refractivity contribution >= 4 is 28.3 Å². The zero-order chi connectivity index (χ0) is 21.7. The Morgan fingerprint density at radius 3 is 2.47 bits per heavy atom. The Labute approximate surface area is 173 Å². The van der Waals surface area contributed by atoms with Crippen LogP contribution in [-0.4, -0.2) is 16.9 Å². The monoisotopic (exact) mass is 415 g/mol. The van der Waals surface area contributed by atoms with Crippen LogP contribution in [-0.2, 0) is 17.4 Å². The van der Waals surface area contributed by atoms with Crippen LogP contribution in [0.1, 0.15) is 37.8 Å². The minimum atomic E-state index is -4.36. The maximum absolute atomic E-state index is 12.6. The number of alkyl halides is 3. The van der Waals surface area contributed by atoms with Gasteiger partial charge in [0.2, 0.25) is 5.91 Å². The summed E-state index contributed by atoms with van der Waals surface area (Å²) in [5, 5.41) is 7.07. The van der Waals surface area contributed by atoms with Gasteiger partial charge in [0.05, 0.1) is 11.1 Å². The zero-order valence-corrected chi connectivity index (χ0v) is 16.9. The molecule has 1 aromatic heterocycles. The number of carbonyl (C=O) groups is 1. The highest BCUT2D eigenvalue weighted by atomic mass is 19.4. The lowest BCUT2D eigenvalue weighted by atomic mass is 10.1. The van der Waals surface area contributed by atoms with Gasteiger partial charge in [0.1, 0.15) is 5.82 Å². The van der Waals surface area contributed by atoms with Crippen LogP contribution in [0.15, 0.2) is 54.6 Å². The molecule has 0 aliphatic rings. The first-order valence-electron chi connectivity index (χ1n) is 9.88. The van der Waals surface area contributed by atoms with Crippen LogP contribution in [0, 0.1) is 0 Å². The summed E-state index contributed by atoms with van der Waals surface area (Å²) in [6.07, 6.45) is -2.81. The van der Waals surface area contributed by atoms with Crippen molar-refractivity contribution in [1.29, 1.82) is 0 Å². The Balaban J connectivity index is 1.58. The van der Waals surface area contributed by atoms with Crippen LogP contribution < -0.4 is 10.6 Å². The van der Waals surface area contributed by atoms with E-state index < -0.39 is 11.7 Å². The van der Waals surface area contributed by atoms with Gasteiger partial charge < -0.3 is 10.6 Å². The fourth-order valence-corrected chi connectivity index (χ4v) is 2.98. The highest BCUT2D eigenvalue weighted by molar-refractivity contribution is 5.94. The van der Waals surface area contributed by atoms with Crippen molar-refractivity contribution in [2.45, 2.75) is 45.3 Å². The van der Waals surface area contributed by atoms with Crippen LogP contribution in [0.3, 0.4) is 0 Å². The van der Waals surface area contributed by atoms with Crippen molar-refractivity contribution in [1.82, 2.24) is 4.98 Å². The number of halogens is 3. The molecule has 0 bridgehead atoms. The molecular formula is C23H24F3N3O. The van der Waals surface area contributed by atoms with Crippen molar-refractivity contribution in [3.05, 3.63) is 65.7 Å². The van der Waals surface area contributed by atoms with Gasteiger partial charge in [-0.3, -0.25) is 4.79 Å². The number of rotatable bonds is 7. The maximum atomic E-state index is 12.6. The number of hydrogen-bond acceptors (Lipinski definition) is 3. The van der Waals surface area contributed by atoms with Crippen molar-refractivity contribution in [2.75, 3.05) is 10.6 Å². The molecule has 1 atom stereocenters. The summed E-state index contributed by atoms with van der Waals surface area (Å²) >= 11 is 0. The van der Waals surface area contributed by atoms with E-state index in [1.54, 1.807) is 6.07 Å². The third-order valence-corrected chi connectivity index (χ3v) is 4.90. The predicted molar refractivity (Wildman–Crippen MR) is 114 cm³/mol. The van der Waals surface area contributed by atoms with Crippen molar-refractivity contribution in [3.63, 3.8) is 0 Å². The van der Waals surface area contributed by atoms with Gasteiger partial charge in [-0.05, 0) is 67.8 Å². The summed E-state index contributed by atoms with van der Waals surface area (Å²) in [5.41, 5.74) is 1.47. The van der Waals surface area contributed by atoms with E-state index in [0.717, 1.165) is 35.3 Å². The minimum Gasteiger partial charge on any atom is -0.368 e. The molecule has 3 aromatic rings. The molecule has 0 radical (unpaired) electrons. The second kappa shape index (κ2) is 9.15. The quantitative estimate of drug-likeness (QED) is 0.495. The molecule has 3 rings (SSSR count). The Morgan fingerprint density at radius 1 is 1.07 bits per heavy atom. The molecule has 2 N–H and O–H groups in total. The lowest BCUT2D eigenvalue weighted by Gasteiger charge is -2.13. The van der Waals surface area contributed by atoms with E-state index in [1.807, 2.05) is 24.3 Å². The van der Waals surface area contributed by atoms with Crippen molar-refractivity contribution < 1.29 is 18.0 Å². The Morgan fingerprint density at radius 2 is 1.80 bits per heavy atom. The Bertz CT molecular complexity index is 1020. The molecule has 0 spiro atoms. The molecule has 2 aromatic carbocycles. The van der Waals surface area contributed by atoms with E-state index in [1.165, 1.54) is 12.1 Å². The molecule has 0 saturated heterocycles. The van der Waals surface area contributed by atoms with Gasteiger partial charge in [-0.25, -0.2) is 4.98 Å². The second-order valence-electron chi connectivity index (χ2n) is 7.30. The number of benzene rings is 2. The number of anilines is 2. The lowest BCUT2D eigenvalue weighted by Crippen LogP contribution is -2.14. The molecule has 0 unspecified atom stereocenters. The Hall–Kier alpha value is -3.09. The molecule has 0 fully saturated rings. The van der Waals surface area contributed by atoms with Crippen LogP contribution >= 0.6 is 0 Å². The predicted octanol–water partition coefficient (Wildman–Crippen LogP) is 6.04. The molecule has 0 aliphatic heterocycles. The van der Waals surface area contributed by atoms with Gasteiger partial charge in [0.15, 0.2) is 0 Å². The van der Waals surface area contributed by atoms with Crippen LogP contribution in [0.2, 0.25) is 0 Å². The van der Waals surface area contributed by atoms with Crippen molar-refractivity contribution in [3.8, 4) is 0 Å². The van der Waals surface area contributed by atoms with E-state index in [-0.39, 0.29) is 12.3 Å². The summed E-state index contributed by atoms with van der Waals surface area (Å²) in [6, 6.07) is 14.6. The molecule has 0 aliphatic carbocycles. The third kappa shape index (κ3) is 5.72. The van der Waals surface area contributed by atoms with Gasteiger partial charge in [-0.2, -0.15) is 13.2 Å². The summed E-state index contributed by atoms with van der Waals surface area (Å²) in [6.45, 7) is 4.19. The topological polar surface area (TPSA) is 54.0 Å². The fourth-order valence-electron chi connectivity index (χ4n) is 2.98. The number of nitrogens with zero attached hydrogens (tertiary/aromatic N) is 1. The molecule has 4 nitrogen and oxygen atoms in total. The maximum Gasteiger partial charge on any atom is 0.416 e. The highest BCUT2D eigenvalue weighted by Gasteiger charge is 2.29. The summed E-state index contributed by atoms with van der Waals surface area (Å²) in [5.74, 6) is 0.613. The van der Waals surface area contributed by atoms with Gasteiger partial charge in [-0.1, -0.05) is 19.1 Å². The highest BCUT2D eigenvalue weighted by Crippen LogP contribution is 2.29. The number of aromatic nitrogens is 1. The first-order valence-corrected chi connectivity index (χ1v) is 9.88. The van der Waals surface area contributed by atoms with Gasteiger partial charge in [-0.15, -0.1) is 0 Å². The van der Waals surface area contributed by atoms with E-state index in [0.29, 0.717) is 23.7 Å². The fraction of sp³-hybridized carbons (Fsp3) is 0.304. The third-order valence-electron chi connectivity index (χ3n) is 4.90. The number of nitrogens with one attached hydrogen (secondary N) is 2. The second-order valence-corrected chi connectivity index (χ2v) is 7.30. The Kier molecular flexibility index (Phi) is 6.59. The molecule has 30 heavy (non-hydrogen) atoms. The molecule has 0 saturated carbocycles. The molecule has 1 amide bonds. The van der Waals surface area contributed by atoms with E-state index in [9.17, 15) is 18.0 Å². The van der Waals surface area contributed by atoms with Gasteiger partial charge >= 0.3 is 6.18 Å². The first-order chi connectivity index (χ1) is 14.2. The van der Waals surface area contributed by atoms with Crippen LogP contribution in [0.25, 0.3) is 10.9 Å². The minimum absolute atomic E-state index is 0.180. The van der Waals surface area contributed by atoms with E-state index in [4.69, 9.17) is 0 Å². The number of aryl methyl sites for hydroxylation is 1. The number of amides is 1. The standard InChI is InChI=1S/C23H24F3N3O/c1-3-15(2)27-21-12-7-17-14-19(10-11-20(17)29-21)28-22(30)13-6-16-4-8-18(9-5-16)23(24,25)26/h4-5,7-12,14-15H,3,6,13H2,1-2H3,(H,27,29)(H,28,30)/t15-/m1/s1. The first kappa shape index (κ1) is 21.6. The summed E-state index contributed by atoms with van der Waals surface area (Å²) in [4.78, 5) is 16.8. The lowest BCUT2D eigenvalue weighted by molar-refractivity contribution is -0.137. The van der Waals surface area contributed by atoms with Crippen molar-refractivity contribution in [2.24, 2.45) is 0 Å². The van der Waals surface area contributed by atoms with E-state index >= 15 is 0 Å². The number of carbonyl (C=O) groups excluding carboxylic acids is 1.